The topological polar surface area (TPSA) is 149 Å². The van der Waals surface area contributed by atoms with Crippen molar-refractivity contribution in [3.63, 3.8) is 0 Å². The molecule has 1 atom stereocenters. The molecule has 0 radical (unpaired) electrons. The largest absolute Gasteiger partial charge is 0.399 e. The molecule has 1 unspecified atom stereocenters. The zero-order valence-corrected chi connectivity index (χ0v) is 29.8. The third-order valence-corrected chi connectivity index (χ3v) is 8.68. The lowest BCUT2D eigenvalue weighted by Crippen LogP contribution is -2.46. The van der Waals surface area contributed by atoms with Crippen molar-refractivity contribution < 1.29 is 23.9 Å². The molecular formula is C38H55N7O5. The molecule has 4 rings (SSSR count). The van der Waals surface area contributed by atoms with Crippen molar-refractivity contribution in [1.82, 2.24) is 25.8 Å². The molecule has 1 saturated heterocycles. The van der Waals surface area contributed by atoms with Gasteiger partial charge in [0.05, 0.1) is 0 Å². The highest BCUT2D eigenvalue weighted by Crippen LogP contribution is 2.28. The highest BCUT2D eigenvalue weighted by molar-refractivity contribution is 6.02. The molecule has 50 heavy (non-hydrogen) atoms. The number of hydrogen-bond donors (Lipinski definition) is 4. The Morgan fingerprint density at radius 3 is 2.36 bits per heavy atom. The summed E-state index contributed by atoms with van der Waals surface area (Å²) >= 11 is 0. The van der Waals surface area contributed by atoms with Crippen LogP contribution in [-0.4, -0.2) is 107 Å². The van der Waals surface area contributed by atoms with Crippen molar-refractivity contribution in [2.45, 2.75) is 64.5 Å². The van der Waals surface area contributed by atoms with E-state index in [0.717, 1.165) is 95.0 Å². The van der Waals surface area contributed by atoms with Gasteiger partial charge in [0, 0.05) is 87.9 Å². The average molecular weight is 690 g/mol. The molecule has 2 aromatic carbocycles. The maximum Gasteiger partial charge on any atom is 0.255 e. The number of unbranched alkanes of at least 4 members (excludes halogenated alkanes) is 2. The minimum Gasteiger partial charge on any atom is -0.399 e. The van der Waals surface area contributed by atoms with Gasteiger partial charge in [-0.15, -0.1) is 0 Å². The van der Waals surface area contributed by atoms with E-state index in [1.54, 1.807) is 6.07 Å². The first-order valence-electron chi connectivity index (χ1n) is 17.8. The monoisotopic (exact) mass is 689 g/mol. The van der Waals surface area contributed by atoms with Gasteiger partial charge >= 0.3 is 0 Å². The molecule has 12 nitrogen and oxygen atoms in total. The standard InChI is InChI=1S/C27H38N4O5.C11H17N3/c1-2-10-25(26(34)30-21-33)31-19-24-22(12-9-13-23(24)27(31)35)11-3-4-14-28-15-5-7-17-36-18-8-6-16-29-20-32;1-13-6-8-14(9-7-13)11-4-2-10(12)3-5-11/h9,12-13,20-21,25,28H,2,4-8,10,14-19H2,1H3,(H,29,32)(H,30,33,34);2-5H,6-9,12H2,1H3. The minimum absolute atomic E-state index is 0.200. The van der Waals surface area contributed by atoms with Gasteiger partial charge in [0.15, 0.2) is 0 Å². The van der Waals surface area contributed by atoms with Crippen molar-refractivity contribution in [3.8, 4) is 11.8 Å². The summed E-state index contributed by atoms with van der Waals surface area (Å²) in [5, 5.41) is 8.20. The number of piperazine rings is 1. The van der Waals surface area contributed by atoms with Gasteiger partial charge in [0.1, 0.15) is 6.04 Å². The van der Waals surface area contributed by atoms with Crippen LogP contribution in [0.15, 0.2) is 42.5 Å². The fraction of sp³-hybridized carbons (Fsp3) is 0.526. The number of anilines is 2. The van der Waals surface area contributed by atoms with Crippen LogP contribution in [-0.2, 0) is 25.7 Å². The van der Waals surface area contributed by atoms with Crippen LogP contribution in [0.25, 0.3) is 0 Å². The van der Waals surface area contributed by atoms with Crippen molar-refractivity contribution >= 4 is 36.0 Å². The van der Waals surface area contributed by atoms with Gasteiger partial charge in [-0.3, -0.25) is 24.5 Å². The first kappa shape index (κ1) is 40.0. The second-order valence-electron chi connectivity index (χ2n) is 12.5. The summed E-state index contributed by atoms with van der Waals surface area (Å²) in [6, 6.07) is 12.9. The predicted molar refractivity (Wildman–Crippen MR) is 198 cm³/mol. The zero-order chi connectivity index (χ0) is 36.0. The van der Waals surface area contributed by atoms with Crippen LogP contribution in [0.2, 0.25) is 0 Å². The number of likely N-dealkylation sites (N-methyl/N-ethyl adjacent to an activating group) is 1. The third-order valence-electron chi connectivity index (χ3n) is 8.68. The Morgan fingerprint density at radius 1 is 0.960 bits per heavy atom. The number of nitrogen functional groups attached to an aromatic ring is 1. The number of nitrogens with two attached hydrogens (primary N) is 1. The first-order valence-corrected chi connectivity index (χ1v) is 17.8. The quantitative estimate of drug-likeness (QED) is 0.0756. The van der Waals surface area contributed by atoms with E-state index in [0.29, 0.717) is 50.7 Å². The molecule has 0 bridgehead atoms. The molecule has 4 amide bonds. The van der Waals surface area contributed by atoms with Crippen molar-refractivity contribution in [2.24, 2.45) is 0 Å². The molecule has 0 aromatic heterocycles. The molecule has 2 aliphatic rings. The fourth-order valence-corrected chi connectivity index (χ4v) is 5.81. The Kier molecular flexibility index (Phi) is 18.4. The number of nitrogens with zero attached hydrogens (tertiary/aromatic N) is 3. The first-order chi connectivity index (χ1) is 24.4. The van der Waals surface area contributed by atoms with Crippen LogP contribution in [0.5, 0.6) is 0 Å². The molecule has 5 N–H and O–H groups in total. The summed E-state index contributed by atoms with van der Waals surface area (Å²) in [6.07, 6.45) is 6.86. The number of imide groups is 1. The van der Waals surface area contributed by atoms with E-state index in [-0.39, 0.29) is 5.91 Å². The lowest BCUT2D eigenvalue weighted by Gasteiger charge is -2.34. The van der Waals surface area contributed by atoms with E-state index in [1.807, 2.05) is 31.2 Å². The number of hydrogen-bond acceptors (Lipinski definition) is 9. The van der Waals surface area contributed by atoms with Crippen LogP contribution >= 0.6 is 0 Å². The van der Waals surface area contributed by atoms with Gasteiger partial charge < -0.3 is 35.8 Å². The average Bonchev–Trinajstić information content (AvgIpc) is 3.46. The van der Waals surface area contributed by atoms with E-state index < -0.39 is 11.9 Å². The van der Waals surface area contributed by atoms with E-state index in [1.165, 1.54) is 10.6 Å². The van der Waals surface area contributed by atoms with Crippen LogP contribution in [0, 0.1) is 11.8 Å². The molecular weight excluding hydrogens is 634 g/mol. The van der Waals surface area contributed by atoms with Gasteiger partial charge in [-0.05, 0) is 87.7 Å². The number of fused-ring (bicyclic) bond motifs is 1. The van der Waals surface area contributed by atoms with E-state index in [2.05, 4.69) is 56.8 Å². The van der Waals surface area contributed by atoms with Crippen molar-refractivity contribution in [1.29, 1.82) is 0 Å². The van der Waals surface area contributed by atoms with Crippen molar-refractivity contribution in [2.75, 3.05) is 76.7 Å². The second-order valence-corrected chi connectivity index (χ2v) is 12.5. The molecule has 0 spiro atoms. The minimum atomic E-state index is -0.679. The SMILES string of the molecule is CCCC(C(=O)NC=O)N1Cc2c(C#CCCNCCCCOCCCCNC=O)cccc2C1=O.CN1CCN(c2ccc(N)cc2)CC1. The maximum absolute atomic E-state index is 13.0. The summed E-state index contributed by atoms with van der Waals surface area (Å²) in [7, 11) is 2.17. The Balaban J connectivity index is 0.000000398. The molecule has 2 aliphatic heterocycles. The number of rotatable bonds is 19. The van der Waals surface area contributed by atoms with Crippen molar-refractivity contribution in [3.05, 3.63) is 59.2 Å². The molecule has 272 valence electrons. The number of ether oxygens (including phenoxy) is 1. The lowest BCUT2D eigenvalue weighted by atomic mass is 10.0. The van der Waals surface area contributed by atoms with E-state index in [4.69, 9.17) is 10.5 Å². The molecule has 1 fully saturated rings. The number of carbonyl (C=O) groups is 4. The zero-order valence-electron chi connectivity index (χ0n) is 29.8. The molecule has 0 saturated carbocycles. The van der Waals surface area contributed by atoms with Crippen LogP contribution in [0.3, 0.4) is 0 Å². The number of benzene rings is 2. The van der Waals surface area contributed by atoms with Gasteiger partial charge in [-0.2, -0.15) is 0 Å². The Morgan fingerprint density at radius 2 is 1.68 bits per heavy atom. The Hall–Kier alpha value is -4.44. The Labute approximate surface area is 297 Å². The lowest BCUT2D eigenvalue weighted by molar-refractivity contribution is -0.129. The number of amides is 4. The summed E-state index contributed by atoms with van der Waals surface area (Å²) in [5.74, 6) is 5.71. The second kappa shape index (κ2) is 23.1. The predicted octanol–water partition coefficient (Wildman–Crippen LogP) is 2.76. The number of carbonyl (C=O) groups excluding carboxylic acids is 4. The molecule has 2 heterocycles. The van der Waals surface area contributed by atoms with Gasteiger partial charge in [-0.1, -0.05) is 31.3 Å². The number of nitrogens with one attached hydrogen (secondary N) is 3. The maximum atomic E-state index is 13.0. The summed E-state index contributed by atoms with van der Waals surface area (Å²) in [5.41, 5.74) is 9.98. The molecule has 2 aromatic rings. The van der Waals surface area contributed by atoms with E-state index in [9.17, 15) is 19.2 Å². The van der Waals surface area contributed by atoms with Gasteiger partial charge in [0.2, 0.25) is 18.7 Å². The van der Waals surface area contributed by atoms with Crippen LogP contribution in [0.4, 0.5) is 11.4 Å². The molecule has 0 aliphatic carbocycles. The molecule has 12 heteroatoms. The highest BCUT2D eigenvalue weighted by Gasteiger charge is 2.36. The summed E-state index contributed by atoms with van der Waals surface area (Å²) in [6.45, 7) is 10.6. The van der Waals surface area contributed by atoms with Crippen LogP contribution < -0.4 is 26.6 Å². The van der Waals surface area contributed by atoms with Crippen LogP contribution in [0.1, 0.15) is 73.4 Å². The summed E-state index contributed by atoms with van der Waals surface area (Å²) in [4.78, 5) is 52.5. The smallest absolute Gasteiger partial charge is 0.255 e. The Bertz CT molecular complexity index is 1400. The van der Waals surface area contributed by atoms with Gasteiger partial charge in [-0.25, -0.2) is 0 Å². The fourth-order valence-electron chi connectivity index (χ4n) is 5.81. The third kappa shape index (κ3) is 13.5. The highest BCUT2D eigenvalue weighted by atomic mass is 16.5. The summed E-state index contributed by atoms with van der Waals surface area (Å²) < 4.78 is 5.58. The van der Waals surface area contributed by atoms with Gasteiger partial charge in [0.25, 0.3) is 5.91 Å². The normalized spacial score (nSPS) is 14.5. The van der Waals surface area contributed by atoms with E-state index >= 15 is 0 Å².